The molecule has 0 fully saturated rings. The smallest absolute Gasteiger partial charge is 0.168 e. The quantitative estimate of drug-likeness (QED) is 0.500. The fourth-order valence-electron chi connectivity index (χ4n) is 2.98. The molecule has 0 amide bonds. The SMILES string of the molecule is CCC(C)(C)C(=O)c1cccc(Cc2cccc(C(=O)C(C)(C)CC)c2)c1. The molecule has 0 N–H and O–H groups in total. The fourth-order valence-corrected chi connectivity index (χ4v) is 2.98. The number of hydrogen-bond acceptors (Lipinski definition) is 2. The molecule has 0 spiro atoms. The maximum Gasteiger partial charge on any atom is 0.168 e. The molecule has 144 valence electrons. The Kier molecular flexibility index (Phi) is 6.41. The summed E-state index contributed by atoms with van der Waals surface area (Å²) in [4.78, 5) is 25.5. The van der Waals surface area contributed by atoms with Gasteiger partial charge >= 0.3 is 0 Å². The molecule has 0 saturated carbocycles. The van der Waals surface area contributed by atoms with E-state index in [-0.39, 0.29) is 22.4 Å². The first kappa shape index (κ1) is 21.1. The Morgan fingerprint density at radius 1 is 0.704 bits per heavy atom. The van der Waals surface area contributed by atoms with Gasteiger partial charge in [0.15, 0.2) is 11.6 Å². The van der Waals surface area contributed by atoms with Gasteiger partial charge in [-0.3, -0.25) is 9.59 Å². The summed E-state index contributed by atoms with van der Waals surface area (Å²) < 4.78 is 0. The van der Waals surface area contributed by atoms with Crippen LogP contribution in [0.2, 0.25) is 0 Å². The zero-order valence-electron chi connectivity index (χ0n) is 17.6. The van der Waals surface area contributed by atoms with Gasteiger partial charge in [0.1, 0.15) is 0 Å². The molecule has 27 heavy (non-hydrogen) atoms. The van der Waals surface area contributed by atoms with Gasteiger partial charge in [-0.25, -0.2) is 0 Å². The van der Waals surface area contributed by atoms with Crippen LogP contribution in [-0.2, 0) is 6.42 Å². The Balaban J connectivity index is 2.26. The van der Waals surface area contributed by atoms with Gasteiger partial charge in [0.25, 0.3) is 0 Å². The number of benzene rings is 2. The molecule has 0 unspecified atom stereocenters. The number of carbonyl (C=O) groups is 2. The molecule has 0 heterocycles. The van der Waals surface area contributed by atoms with E-state index in [1.807, 2.05) is 90.1 Å². The molecule has 2 nitrogen and oxygen atoms in total. The Hall–Kier alpha value is -2.22. The van der Waals surface area contributed by atoms with E-state index in [1.54, 1.807) is 0 Å². The number of Topliss-reactive ketones (excluding diaryl/α,β-unsaturated/α-hetero) is 2. The molecule has 0 aliphatic rings. The molecule has 2 aromatic rings. The first-order chi connectivity index (χ1) is 12.6. The maximum atomic E-state index is 12.7. The highest BCUT2D eigenvalue weighted by atomic mass is 16.1. The Bertz CT molecular complexity index is 758. The van der Waals surface area contributed by atoms with Gasteiger partial charge in [-0.05, 0) is 42.5 Å². The van der Waals surface area contributed by atoms with Gasteiger partial charge in [-0.2, -0.15) is 0 Å². The van der Waals surface area contributed by atoms with Crippen molar-refractivity contribution in [2.45, 2.75) is 60.8 Å². The molecule has 0 radical (unpaired) electrons. The van der Waals surface area contributed by atoms with Crippen molar-refractivity contribution < 1.29 is 9.59 Å². The minimum Gasteiger partial charge on any atom is -0.294 e. The highest BCUT2D eigenvalue weighted by molar-refractivity contribution is 6.00. The number of ketones is 2. The second-order valence-corrected chi connectivity index (χ2v) is 8.71. The van der Waals surface area contributed by atoms with Crippen LogP contribution in [0.3, 0.4) is 0 Å². The topological polar surface area (TPSA) is 34.1 Å². The minimum absolute atomic E-state index is 0.181. The summed E-state index contributed by atoms with van der Waals surface area (Å²) in [6.07, 6.45) is 2.34. The van der Waals surface area contributed by atoms with Crippen LogP contribution in [0.1, 0.15) is 86.2 Å². The Labute approximate surface area is 164 Å². The lowest BCUT2D eigenvalue weighted by molar-refractivity contribution is 0.0827. The highest BCUT2D eigenvalue weighted by Crippen LogP contribution is 2.28. The zero-order valence-corrected chi connectivity index (χ0v) is 17.6. The van der Waals surface area contributed by atoms with Crippen molar-refractivity contribution in [3.8, 4) is 0 Å². The summed E-state index contributed by atoms with van der Waals surface area (Å²) in [6.45, 7) is 12.1. The van der Waals surface area contributed by atoms with Crippen LogP contribution in [0.25, 0.3) is 0 Å². The van der Waals surface area contributed by atoms with Crippen LogP contribution < -0.4 is 0 Å². The van der Waals surface area contributed by atoms with E-state index in [0.717, 1.165) is 35.1 Å². The fraction of sp³-hybridized carbons (Fsp3) is 0.440. The molecular weight excluding hydrogens is 332 g/mol. The summed E-state index contributed by atoms with van der Waals surface area (Å²) in [5.74, 6) is 0.362. The van der Waals surface area contributed by atoms with E-state index in [4.69, 9.17) is 0 Å². The van der Waals surface area contributed by atoms with Crippen molar-refractivity contribution in [3.63, 3.8) is 0 Å². The maximum absolute atomic E-state index is 12.7. The summed E-state index contributed by atoms with van der Waals surface area (Å²) in [6, 6.07) is 15.8. The van der Waals surface area contributed by atoms with Crippen LogP contribution in [0, 0.1) is 10.8 Å². The van der Waals surface area contributed by atoms with Gasteiger partial charge in [0.2, 0.25) is 0 Å². The summed E-state index contributed by atoms with van der Waals surface area (Å²) in [5.41, 5.74) is 3.00. The van der Waals surface area contributed by atoms with Crippen LogP contribution in [0.15, 0.2) is 48.5 Å². The molecule has 0 atom stereocenters. The zero-order chi connectivity index (χ0) is 20.2. The molecule has 0 aliphatic carbocycles. The van der Waals surface area contributed by atoms with E-state index in [9.17, 15) is 9.59 Å². The first-order valence-electron chi connectivity index (χ1n) is 9.88. The third-order valence-corrected chi connectivity index (χ3v) is 5.78. The van der Waals surface area contributed by atoms with Gasteiger partial charge < -0.3 is 0 Å². The third-order valence-electron chi connectivity index (χ3n) is 5.78. The molecule has 0 aromatic heterocycles. The normalized spacial score (nSPS) is 12.1. The number of carbonyl (C=O) groups excluding carboxylic acids is 2. The Morgan fingerprint density at radius 2 is 1.07 bits per heavy atom. The highest BCUT2D eigenvalue weighted by Gasteiger charge is 2.27. The number of rotatable bonds is 8. The van der Waals surface area contributed by atoms with Crippen molar-refractivity contribution in [2.75, 3.05) is 0 Å². The van der Waals surface area contributed by atoms with Gasteiger partial charge in [-0.1, -0.05) is 77.9 Å². The van der Waals surface area contributed by atoms with Gasteiger partial charge in [0.05, 0.1) is 0 Å². The molecule has 0 saturated heterocycles. The van der Waals surface area contributed by atoms with Crippen LogP contribution >= 0.6 is 0 Å². The van der Waals surface area contributed by atoms with Crippen LogP contribution in [0.4, 0.5) is 0 Å². The van der Waals surface area contributed by atoms with Crippen LogP contribution in [-0.4, -0.2) is 11.6 Å². The van der Waals surface area contributed by atoms with E-state index in [1.165, 1.54) is 0 Å². The van der Waals surface area contributed by atoms with Crippen molar-refractivity contribution in [2.24, 2.45) is 10.8 Å². The van der Waals surface area contributed by atoms with Crippen molar-refractivity contribution in [3.05, 3.63) is 70.8 Å². The van der Waals surface area contributed by atoms with Crippen molar-refractivity contribution >= 4 is 11.6 Å². The molecule has 2 heteroatoms. The summed E-state index contributed by atoms with van der Waals surface area (Å²) >= 11 is 0. The first-order valence-corrected chi connectivity index (χ1v) is 9.88. The largest absolute Gasteiger partial charge is 0.294 e. The average molecular weight is 365 g/mol. The monoisotopic (exact) mass is 364 g/mol. The van der Waals surface area contributed by atoms with E-state index in [2.05, 4.69) is 0 Å². The lowest BCUT2D eigenvalue weighted by Crippen LogP contribution is -2.23. The average Bonchev–Trinajstić information content (AvgIpc) is 2.67. The van der Waals surface area contributed by atoms with Gasteiger partial charge in [-0.15, -0.1) is 0 Å². The van der Waals surface area contributed by atoms with Crippen LogP contribution in [0.5, 0.6) is 0 Å². The van der Waals surface area contributed by atoms with Crippen molar-refractivity contribution in [1.29, 1.82) is 0 Å². The lowest BCUT2D eigenvalue weighted by Gasteiger charge is -2.21. The van der Waals surface area contributed by atoms with E-state index in [0.29, 0.717) is 6.42 Å². The van der Waals surface area contributed by atoms with E-state index >= 15 is 0 Å². The van der Waals surface area contributed by atoms with E-state index < -0.39 is 0 Å². The summed E-state index contributed by atoms with van der Waals surface area (Å²) in [7, 11) is 0. The van der Waals surface area contributed by atoms with Crippen molar-refractivity contribution in [1.82, 2.24) is 0 Å². The molecule has 2 rings (SSSR count). The standard InChI is InChI=1S/C25H32O2/c1-7-24(3,4)22(26)20-13-9-11-18(16-20)15-19-12-10-14-21(17-19)23(27)25(5,6)8-2/h9-14,16-17H,7-8,15H2,1-6H3. The second-order valence-electron chi connectivity index (χ2n) is 8.71. The molecular formula is C25H32O2. The Morgan fingerprint density at radius 3 is 1.41 bits per heavy atom. The minimum atomic E-state index is -0.351. The molecule has 0 aliphatic heterocycles. The predicted molar refractivity (Wildman–Crippen MR) is 112 cm³/mol. The second kappa shape index (κ2) is 8.21. The predicted octanol–water partition coefficient (Wildman–Crippen LogP) is 6.52. The molecule has 2 aromatic carbocycles. The lowest BCUT2D eigenvalue weighted by atomic mass is 9.81. The number of hydrogen-bond donors (Lipinski definition) is 0. The molecule has 0 bridgehead atoms. The van der Waals surface area contributed by atoms with Gasteiger partial charge in [0, 0.05) is 22.0 Å². The summed E-state index contributed by atoms with van der Waals surface area (Å²) in [5, 5.41) is 0. The third kappa shape index (κ3) is 4.94.